The van der Waals surface area contributed by atoms with E-state index in [4.69, 9.17) is 9.47 Å². The Labute approximate surface area is 160 Å². The number of pyridine rings is 1. The number of carbonyl (C=O) groups is 1. The number of ether oxygens (including phenoxy) is 2. The number of nitrogens with zero attached hydrogens (tertiary/aromatic N) is 4. The summed E-state index contributed by atoms with van der Waals surface area (Å²) in [7, 11) is 1.56. The third-order valence-corrected chi connectivity index (χ3v) is 4.69. The van der Waals surface area contributed by atoms with Crippen molar-refractivity contribution in [3.8, 4) is 5.75 Å². The fourth-order valence-electron chi connectivity index (χ4n) is 3.23. The van der Waals surface area contributed by atoms with Crippen LogP contribution in [0.15, 0.2) is 53.8 Å². The van der Waals surface area contributed by atoms with Gasteiger partial charge >= 0.3 is 5.92 Å². The lowest BCUT2D eigenvalue weighted by Crippen LogP contribution is -2.51. The van der Waals surface area contributed by atoms with Crippen molar-refractivity contribution in [1.29, 1.82) is 0 Å². The summed E-state index contributed by atoms with van der Waals surface area (Å²) in [4.78, 5) is 18.5. The minimum atomic E-state index is -3.41. The van der Waals surface area contributed by atoms with E-state index in [0.29, 0.717) is 11.6 Å². The average molecular weight is 388 g/mol. The van der Waals surface area contributed by atoms with E-state index < -0.39 is 24.0 Å². The van der Waals surface area contributed by atoms with Gasteiger partial charge in [-0.15, -0.1) is 5.10 Å². The zero-order chi connectivity index (χ0) is 19.9. The average Bonchev–Trinajstić information content (AvgIpc) is 3.16. The number of benzene rings is 1. The number of halogens is 2. The first-order valence-corrected chi connectivity index (χ1v) is 8.70. The molecule has 3 heterocycles. The molecule has 1 aromatic carbocycles. The molecule has 1 aromatic heterocycles. The second kappa shape index (κ2) is 6.74. The number of anilines is 1. The molecule has 0 spiro atoms. The fourth-order valence-corrected chi connectivity index (χ4v) is 3.23. The molecule has 4 rings (SSSR count). The summed E-state index contributed by atoms with van der Waals surface area (Å²) >= 11 is 0. The number of rotatable bonds is 3. The number of amides is 1. The number of carbonyl (C=O) groups excluding carboxylic acids is 1. The topological polar surface area (TPSA) is 67.3 Å². The molecule has 0 saturated heterocycles. The molecule has 28 heavy (non-hydrogen) atoms. The monoisotopic (exact) mass is 388 g/mol. The molecule has 2 aliphatic rings. The molecule has 9 heteroatoms. The van der Waals surface area contributed by atoms with Crippen molar-refractivity contribution in [2.24, 2.45) is 5.10 Å². The molecular formula is C19H18F2N4O3. The van der Waals surface area contributed by atoms with Crippen LogP contribution in [0.25, 0.3) is 0 Å². The van der Waals surface area contributed by atoms with Crippen LogP contribution in [0.4, 0.5) is 14.6 Å². The number of hydrazone groups is 1. The number of hydrogen-bond acceptors (Lipinski definition) is 6. The summed E-state index contributed by atoms with van der Waals surface area (Å²) < 4.78 is 40.5. The zero-order valence-corrected chi connectivity index (χ0v) is 15.3. The third-order valence-electron chi connectivity index (χ3n) is 4.69. The van der Waals surface area contributed by atoms with Gasteiger partial charge in [0.1, 0.15) is 6.10 Å². The van der Waals surface area contributed by atoms with Crippen molar-refractivity contribution in [2.75, 3.05) is 18.7 Å². The maximum atomic E-state index is 14.7. The maximum absolute atomic E-state index is 14.7. The largest absolute Gasteiger partial charge is 0.484 e. The number of likely N-dealkylation sites (N-methyl/N-ethyl adjacent to an activating group) is 1. The Bertz CT molecular complexity index is 922. The van der Waals surface area contributed by atoms with Crippen LogP contribution in [0, 0.1) is 0 Å². The highest BCUT2D eigenvalue weighted by Gasteiger charge is 2.47. The lowest BCUT2D eigenvalue weighted by molar-refractivity contribution is -0.127. The quantitative estimate of drug-likeness (QED) is 0.809. The van der Waals surface area contributed by atoms with Crippen molar-refractivity contribution in [2.45, 2.75) is 25.0 Å². The Balaban J connectivity index is 1.64. The van der Waals surface area contributed by atoms with Crippen LogP contribution in [0.5, 0.6) is 5.75 Å². The minimum absolute atomic E-state index is 0.235. The molecule has 0 unspecified atom stereocenters. The Morgan fingerprint density at radius 1 is 1.18 bits per heavy atom. The second-order valence-electron chi connectivity index (χ2n) is 6.55. The van der Waals surface area contributed by atoms with Gasteiger partial charge in [-0.05, 0) is 19.1 Å². The van der Waals surface area contributed by atoms with Crippen molar-refractivity contribution in [3.05, 3.63) is 54.2 Å². The van der Waals surface area contributed by atoms with Gasteiger partial charge in [-0.3, -0.25) is 9.69 Å². The molecule has 7 nitrogen and oxygen atoms in total. The third kappa shape index (κ3) is 2.92. The van der Waals surface area contributed by atoms with Gasteiger partial charge in [-0.1, -0.05) is 30.3 Å². The molecule has 0 bridgehead atoms. The van der Waals surface area contributed by atoms with Crippen LogP contribution in [0.3, 0.4) is 0 Å². The van der Waals surface area contributed by atoms with Crippen LogP contribution < -0.4 is 9.64 Å². The predicted octanol–water partition coefficient (Wildman–Crippen LogP) is 2.59. The first-order chi connectivity index (χ1) is 13.4. The molecule has 2 aromatic rings. The van der Waals surface area contributed by atoms with Gasteiger partial charge in [-0.2, -0.15) is 8.78 Å². The summed E-state index contributed by atoms with van der Waals surface area (Å²) in [5.74, 6) is -3.74. The van der Waals surface area contributed by atoms with Crippen LogP contribution in [0.2, 0.25) is 0 Å². The van der Waals surface area contributed by atoms with Gasteiger partial charge in [0.15, 0.2) is 24.3 Å². The molecule has 2 atom stereocenters. The second-order valence-corrected chi connectivity index (χ2v) is 6.55. The maximum Gasteiger partial charge on any atom is 0.348 e. The van der Waals surface area contributed by atoms with Crippen LogP contribution in [-0.4, -0.2) is 47.7 Å². The molecule has 0 fully saturated rings. The summed E-state index contributed by atoms with van der Waals surface area (Å²) in [6.45, 7) is 1.40. The van der Waals surface area contributed by atoms with Gasteiger partial charge in [0.05, 0.1) is 0 Å². The van der Waals surface area contributed by atoms with E-state index in [9.17, 15) is 13.6 Å². The van der Waals surface area contributed by atoms with Crippen LogP contribution in [-0.2, 0) is 15.5 Å². The molecule has 0 N–H and O–H groups in total. The van der Waals surface area contributed by atoms with E-state index in [-0.39, 0.29) is 18.2 Å². The highest BCUT2D eigenvalue weighted by molar-refractivity contribution is 5.98. The molecule has 0 aliphatic carbocycles. The van der Waals surface area contributed by atoms with Crippen LogP contribution in [0.1, 0.15) is 12.5 Å². The van der Waals surface area contributed by atoms with Crippen molar-refractivity contribution in [1.82, 2.24) is 9.99 Å². The number of alkyl halides is 2. The van der Waals surface area contributed by atoms with E-state index in [1.165, 1.54) is 34.2 Å². The Hall–Kier alpha value is -3.23. The van der Waals surface area contributed by atoms with Gasteiger partial charge in [0.2, 0.25) is 0 Å². The van der Waals surface area contributed by atoms with Crippen LogP contribution >= 0.6 is 0 Å². The molecule has 0 saturated carbocycles. The normalized spacial score (nSPS) is 22.1. The lowest BCUT2D eigenvalue weighted by Gasteiger charge is -2.27. The number of hydrogen-bond donors (Lipinski definition) is 0. The summed E-state index contributed by atoms with van der Waals surface area (Å²) in [6.07, 6.45) is 0.893. The zero-order valence-electron chi connectivity index (χ0n) is 15.3. The van der Waals surface area contributed by atoms with E-state index in [1.54, 1.807) is 38.4 Å². The summed E-state index contributed by atoms with van der Waals surface area (Å²) in [6, 6.07) is 9.72. The Morgan fingerprint density at radius 2 is 1.93 bits per heavy atom. The molecule has 2 aliphatic heterocycles. The van der Waals surface area contributed by atoms with E-state index in [2.05, 4.69) is 10.1 Å². The highest BCUT2D eigenvalue weighted by atomic mass is 19.3. The van der Waals surface area contributed by atoms with Gasteiger partial charge in [-0.25, -0.2) is 9.99 Å². The summed E-state index contributed by atoms with van der Waals surface area (Å²) in [5, 5.41) is 5.13. The Kier molecular flexibility index (Phi) is 4.37. The van der Waals surface area contributed by atoms with E-state index in [1.807, 2.05) is 0 Å². The Morgan fingerprint density at radius 3 is 2.68 bits per heavy atom. The van der Waals surface area contributed by atoms with Gasteiger partial charge < -0.3 is 9.47 Å². The van der Waals surface area contributed by atoms with E-state index in [0.717, 1.165) is 0 Å². The lowest BCUT2D eigenvalue weighted by atomic mass is 10.1. The van der Waals surface area contributed by atoms with E-state index >= 15 is 0 Å². The first kappa shape index (κ1) is 18.1. The first-order valence-electron chi connectivity index (χ1n) is 8.70. The van der Waals surface area contributed by atoms with Gasteiger partial charge in [0, 0.05) is 18.8 Å². The molecular weight excluding hydrogens is 370 g/mol. The van der Waals surface area contributed by atoms with Crippen molar-refractivity contribution >= 4 is 17.6 Å². The highest BCUT2D eigenvalue weighted by Crippen LogP contribution is 2.35. The van der Waals surface area contributed by atoms with Crippen molar-refractivity contribution in [3.63, 3.8) is 0 Å². The number of fused-ring (bicyclic) bond motifs is 1. The predicted molar refractivity (Wildman–Crippen MR) is 97.1 cm³/mol. The SMILES string of the molecule is C[C@H]1Oc2cccnc2N(C)C(=O)[C@H]1N1COC(C(F)(F)c2ccccc2)=N1. The molecule has 146 valence electrons. The molecule has 1 amide bonds. The van der Waals surface area contributed by atoms with Gasteiger partial charge in [0.25, 0.3) is 11.8 Å². The fraction of sp³-hybridized carbons (Fsp3) is 0.316. The standard InChI is InChI=1S/C19H18F2N4O3/c1-12-15(17(26)24(2)16-14(28-12)9-6-10-22-16)25-11-27-18(23-25)19(20,21)13-7-4-3-5-8-13/h3-10,12,15H,11H2,1-2H3/t12-,15+/m1/s1. The summed E-state index contributed by atoms with van der Waals surface area (Å²) in [5.41, 5.74) is -0.235. The van der Waals surface area contributed by atoms with Crippen molar-refractivity contribution < 1.29 is 23.0 Å². The smallest absolute Gasteiger partial charge is 0.348 e. The minimum Gasteiger partial charge on any atom is -0.484 e. The number of aromatic nitrogens is 1. The molecule has 0 radical (unpaired) electrons.